The van der Waals surface area contributed by atoms with Gasteiger partial charge in [-0.05, 0) is 47.3 Å². The first kappa shape index (κ1) is 18.6. The number of morpholine rings is 1. The molecular formula is C20H31N3OS. The van der Waals surface area contributed by atoms with Crippen molar-refractivity contribution in [2.75, 3.05) is 32.8 Å². The Morgan fingerprint density at radius 1 is 1.20 bits per heavy atom. The van der Waals surface area contributed by atoms with Crippen LogP contribution in [0.2, 0.25) is 0 Å². The van der Waals surface area contributed by atoms with Crippen LogP contribution in [0.4, 0.5) is 0 Å². The van der Waals surface area contributed by atoms with Crippen molar-refractivity contribution < 1.29 is 4.74 Å². The summed E-state index contributed by atoms with van der Waals surface area (Å²) in [4.78, 5) is 3.95. The van der Waals surface area contributed by atoms with E-state index in [-0.39, 0.29) is 0 Å². The zero-order valence-corrected chi connectivity index (χ0v) is 16.6. The Bertz CT molecular complexity index is 643. The summed E-state index contributed by atoms with van der Waals surface area (Å²) in [6, 6.07) is 2.38. The molecule has 0 aromatic carbocycles. The van der Waals surface area contributed by atoms with Crippen molar-refractivity contribution in [3.63, 3.8) is 0 Å². The lowest BCUT2D eigenvalue weighted by Crippen LogP contribution is -2.38. The summed E-state index contributed by atoms with van der Waals surface area (Å²) < 4.78 is 7.50. The second kappa shape index (κ2) is 8.97. The van der Waals surface area contributed by atoms with Crippen LogP contribution in [0.15, 0.2) is 23.8 Å². The number of thiophene rings is 1. The lowest BCUT2D eigenvalue weighted by Gasteiger charge is -2.26. The number of aryl methyl sites for hydroxylation is 1. The van der Waals surface area contributed by atoms with Gasteiger partial charge in [0.05, 0.1) is 26.0 Å². The van der Waals surface area contributed by atoms with Crippen LogP contribution in [0.1, 0.15) is 55.0 Å². The molecule has 1 fully saturated rings. The minimum atomic E-state index is 0.555. The molecule has 0 N–H and O–H groups in total. The van der Waals surface area contributed by atoms with Crippen LogP contribution < -0.4 is 0 Å². The average molecular weight is 362 g/mol. The third-order valence-electron chi connectivity index (χ3n) is 5.08. The van der Waals surface area contributed by atoms with Crippen molar-refractivity contribution in [1.29, 1.82) is 0 Å². The first-order valence-electron chi connectivity index (χ1n) is 9.51. The molecule has 1 atom stereocenters. The number of nitrogens with zero attached hydrogens (tertiary/aromatic N) is 3. The number of aromatic nitrogens is 2. The Morgan fingerprint density at radius 3 is 2.72 bits per heavy atom. The fraction of sp³-hybridized carbons (Fsp3) is 0.650. The largest absolute Gasteiger partial charge is 0.379 e. The Hall–Kier alpha value is -1.17. The fourth-order valence-corrected chi connectivity index (χ4v) is 4.17. The second-order valence-corrected chi connectivity index (χ2v) is 8.39. The Kier molecular flexibility index (Phi) is 6.68. The number of rotatable bonds is 8. The summed E-state index contributed by atoms with van der Waals surface area (Å²) in [5.74, 6) is 1.19. The lowest BCUT2D eigenvalue weighted by molar-refractivity contribution is 0.0359. The molecule has 2 aromatic rings. The van der Waals surface area contributed by atoms with Crippen LogP contribution in [-0.2, 0) is 17.7 Å². The highest BCUT2D eigenvalue weighted by Crippen LogP contribution is 2.26. The highest BCUT2D eigenvalue weighted by atomic mass is 32.1. The van der Waals surface area contributed by atoms with Crippen LogP contribution >= 0.6 is 11.3 Å². The predicted molar refractivity (Wildman–Crippen MR) is 105 cm³/mol. The van der Waals surface area contributed by atoms with Crippen LogP contribution in [0.25, 0.3) is 0 Å². The molecule has 2 aromatic heterocycles. The van der Waals surface area contributed by atoms with Gasteiger partial charge in [0.2, 0.25) is 0 Å². The van der Waals surface area contributed by atoms with E-state index in [0.29, 0.717) is 11.8 Å². The number of hydrogen-bond donors (Lipinski definition) is 0. The molecule has 138 valence electrons. The molecule has 1 aliphatic heterocycles. The van der Waals surface area contributed by atoms with Crippen LogP contribution in [0.5, 0.6) is 0 Å². The molecule has 0 amide bonds. The third kappa shape index (κ3) is 5.40. The van der Waals surface area contributed by atoms with E-state index in [9.17, 15) is 0 Å². The zero-order valence-electron chi connectivity index (χ0n) is 15.8. The summed E-state index contributed by atoms with van der Waals surface area (Å²) in [5, 5.41) is 6.89. The third-order valence-corrected chi connectivity index (χ3v) is 6.36. The Labute approximate surface area is 155 Å². The second-order valence-electron chi connectivity index (χ2n) is 7.44. The van der Waals surface area contributed by atoms with Gasteiger partial charge in [0.15, 0.2) is 0 Å². The minimum Gasteiger partial charge on any atom is -0.379 e. The van der Waals surface area contributed by atoms with E-state index < -0.39 is 0 Å². The first-order valence-corrected chi connectivity index (χ1v) is 10.4. The summed E-state index contributed by atoms with van der Waals surface area (Å²) in [7, 11) is 0. The molecule has 4 nitrogen and oxygen atoms in total. The predicted octanol–water partition coefficient (Wildman–Crippen LogP) is 4.14. The monoisotopic (exact) mass is 361 g/mol. The maximum Gasteiger partial charge on any atom is 0.0594 e. The van der Waals surface area contributed by atoms with Gasteiger partial charge in [0.25, 0.3) is 0 Å². The van der Waals surface area contributed by atoms with Crippen molar-refractivity contribution in [3.05, 3.63) is 39.8 Å². The van der Waals surface area contributed by atoms with Gasteiger partial charge in [-0.15, -0.1) is 11.3 Å². The Balaban J connectivity index is 1.45. The van der Waals surface area contributed by atoms with Gasteiger partial charge in [0.1, 0.15) is 0 Å². The van der Waals surface area contributed by atoms with Crippen LogP contribution in [0.3, 0.4) is 0 Å². The van der Waals surface area contributed by atoms with Crippen molar-refractivity contribution >= 4 is 11.3 Å². The maximum atomic E-state index is 5.40. The van der Waals surface area contributed by atoms with E-state index >= 15 is 0 Å². The van der Waals surface area contributed by atoms with Gasteiger partial charge in [-0.25, -0.2) is 0 Å². The minimum absolute atomic E-state index is 0.555. The van der Waals surface area contributed by atoms with Gasteiger partial charge in [0, 0.05) is 30.7 Å². The van der Waals surface area contributed by atoms with Crippen molar-refractivity contribution in [1.82, 2.24) is 14.7 Å². The number of hydrogen-bond acceptors (Lipinski definition) is 4. The maximum absolute atomic E-state index is 5.40. The van der Waals surface area contributed by atoms with E-state index in [2.05, 4.69) is 59.3 Å². The van der Waals surface area contributed by atoms with Gasteiger partial charge in [-0.1, -0.05) is 20.8 Å². The molecule has 0 unspecified atom stereocenters. The zero-order chi connectivity index (χ0) is 17.6. The molecule has 1 saturated heterocycles. The van der Waals surface area contributed by atoms with Gasteiger partial charge in [-0.2, -0.15) is 5.10 Å². The standard InChI is InChI=1S/C20H31N3OS/c1-16(2)20-12-18(15-25-20)5-4-17(3)19-13-21-23(14-19)7-6-22-8-10-24-11-9-22/h12-17H,4-11H2,1-3H3/t17-/m0/s1. The van der Waals surface area contributed by atoms with Crippen molar-refractivity contribution in [2.24, 2.45) is 0 Å². The summed E-state index contributed by atoms with van der Waals surface area (Å²) in [6.45, 7) is 12.7. The molecule has 1 aliphatic rings. The van der Waals surface area contributed by atoms with Crippen LogP contribution in [0, 0.1) is 0 Å². The lowest BCUT2D eigenvalue weighted by atomic mass is 9.97. The molecule has 5 heteroatoms. The normalized spacial score (nSPS) is 17.3. The molecular weight excluding hydrogens is 330 g/mol. The number of ether oxygens (including phenoxy) is 1. The van der Waals surface area contributed by atoms with E-state index in [4.69, 9.17) is 4.74 Å². The molecule has 0 aliphatic carbocycles. The van der Waals surface area contributed by atoms with E-state index in [1.807, 2.05) is 11.3 Å². The smallest absolute Gasteiger partial charge is 0.0594 e. The van der Waals surface area contributed by atoms with E-state index in [1.54, 1.807) is 0 Å². The highest BCUT2D eigenvalue weighted by Gasteiger charge is 2.12. The highest BCUT2D eigenvalue weighted by molar-refractivity contribution is 7.10. The van der Waals surface area contributed by atoms with E-state index in [0.717, 1.165) is 45.8 Å². The van der Waals surface area contributed by atoms with Gasteiger partial charge >= 0.3 is 0 Å². The topological polar surface area (TPSA) is 30.3 Å². The molecule has 3 rings (SSSR count). The molecule has 0 saturated carbocycles. The van der Waals surface area contributed by atoms with E-state index in [1.165, 1.54) is 22.4 Å². The van der Waals surface area contributed by atoms with Crippen molar-refractivity contribution in [3.8, 4) is 0 Å². The summed E-state index contributed by atoms with van der Waals surface area (Å²) in [6.07, 6.45) is 6.63. The average Bonchev–Trinajstić information content (AvgIpc) is 3.28. The summed E-state index contributed by atoms with van der Waals surface area (Å²) >= 11 is 1.90. The first-order chi connectivity index (χ1) is 12.1. The quantitative estimate of drug-likeness (QED) is 0.708. The molecule has 0 spiro atoms. The molecule has 0 radical (unpaired) electrons. The van der Waals surface area contributed by atoms with Gasteiger partial charge < -0.3 is 4.74 Å². The van der Waals surface area contributed by atoms with Gasteiger partial charge in [-0.3, -0.25) is 9.58 Å². The SMILES string of the molecule is CC(C)c1cc(CC[C@H](C)c2cnn(CCN3CCOCC3)c2)cs1. The molecule has 0 bridgehead atoms. The Morgan fingerprint density at radius 2 is 2.00 bits per heavy atom. The molecule has 3 heterocycles. The van der Waals surface area contributed by atoms with Crippen LogP contribution in [-0.4, -0.2) is 47.5 Å². The summed E-state index contributed by atoms with van der Waals surface area (Å²) in [5.41, 5.74) is 2.85. The fourth-order valence-electron chi connectivity index (χ4n) is 3.20. The molecule has 25 heavy (non-hydrogen) atoms. The van der Waals surface area contributed by atoms with Crippen molar-refractivity contribution in [2.45, 2.75) is 52.0 Å².